The highest BCUT2D eigenvalue weighted by molar-refractivity contribution is 7.64. The lowest BCUT2D eigenvalue weighted by atomic mass is 10.4. The summed E-state index contributed by atoms with van der Waals surface area (Å²) in [4.78, 5) is 0. The van der Waals surface area contributed by atoms with E-state index in [0.717, 1.165) is 6.26 Å². The molecular formula is C10H11Cl3NO2P. The average molecular weight is 315 g/mol. The molecule has 94 valence electrons. The van der Waals surface area contributed by atoms with Crippen LogP contribution in [0.4, 0.5) is 0 Å². The first-order chi connectivity index (χ1) is 7.86. The van der Waals surface area contributed by atoms with Crippen molar-refractivity contribution in [3.8, 4) is 0 Å². The molecule has 1 rings (SSSR count). The topological polar surface area (TPSA) is 29.5 Å². The van der Waals surface area contributed by atoms with Crippen LogP contribution in [-0.2, 0) is 9.09 Å². The Morgan fingerprint density at radius 3 is 2.24 bits per heavy atom. The maximum Gasteiger partial charge on any atom is 0.348 e. The van der Waals surface area contributed by atoms with Gasteiger partial charge >= 0.3 is 7.52 Å². The zero-order valence-corrected chi connectivity index (χ0v) is 12.4. The molecule has 0 aliphatic rings. The van der Waals surface area contributed by atoms with E-state index in [1.165, 1.54) is 4.67 Å². The second-order valence-electron chi connectivity index (χ2n) is 3.36. The minimum absolute atomic E-state index is 0.0963. The molecule has 0 saturated heterocycles. The summed E-state index contributed by atoms with van der Waals surface area (Å²) in [5.41, 5.74) is 0. The van der Waals surface area contributed by atoms with Crippen LogP contribution in [-0.4, -0.2) is 18.8 Å². The third kappa shape index (κ3) is 3.90. The fraction of sp³-hybridized carbons (Fsp3) is 0.200. The van der Waals surface area contributed by atoms with Crippen LogP contribution in [0.3, 0.4) is 0 Å². The van der Waals surface area contributed by atoms with E-state index in [1.807, 2.05) is 0 Å². The highest BCUT2D eigenvalue weighted by atomic mass is 35.5. The van der Waals surface area contributed by atoms with E-state index in [0.29, 0.717) is 10.3 Å². The van der Waals surface area contributed by atoms with E-state index in [9.17, 15) is 4.57 Å². The summed E-state index contributed by atoms with van der Waals surface area (Å²) >= 11 is 16.7. The van der Waals surface area contributed by atoms with Gasteiger partial charge in [-0.15, -0.1) is 0 Å². The summed E-state index contributed by atoms with van der Waals surface area (Å²) < 4.78 is 19.2. The molecule has 1 atom stereocenters. The Morgan fingerprint density at radius 1 is 1.29 bits per heavy atom. The Morgan fingerprint density at radius 2 is 1.82 bits per heavy atom. The van der Waals surface area contributed by atoms with Crippen LogP contribution in [0.15, 0.2) is 35.0 Å². The van der Waals surface area contributed by atoms with Gasteiger partial charge in [-0.05, 0) is 38.4 Å². The number of hydrogen-bond acceptors (Lipinski definition) is 2. The predicted octanol–water partition coefficient (Wildman–Crippen LogP) is 4.01. The van der Waals surface area contributed by atoms with Crippen LogP contribution in [0.25, 0.3) is 0 Å². The number of nitrogens with zero attached hydrogens (tertiary/aromatic N) is 1. The number of halogens is 3. The minimum Gasteiger partial charge on any atom is -0.435 e. The molecule has 0 bridgehead atoms. The summed E-state index contributed by atoms with van der Waals surface area (Å²) in [5, 5.41) is 1.07. The summed E-state index contributed by atoms with van der Waals surface area (Å²) in [6.45, 7) is 0. The van der Waals surface area contributed by atoms with Gasteiger partial charge in [-0.2, -0.15) is 0 Å². The maximum atomic E-state index is 12.6. The Balaban J connectivity index is 3.12. The van der Waals surface area contributed by atoms with Gasteiger partial charge < -0.3 is 4.52 Å². The van der Waals surface area contributed by atoms with Crippen LogP contribution < -0.4 is 5.30 Å². The Kier molecular flexibility index (Phi) is 5.36. The van der Waals surface area contributed by atoms with Gasteiger partial charge in [0, 0.05) is 5.02 Å². The molecule has 1 unspecified atom stereocenters. The third-order valence-electron chi connectivity index (χ3n) is 1.96. The lowest BCUT2D eigenvalue weighted by Gasteiger charge is -2.23. The van der Waals surface area contributed by atoms with Gasteiger partial charge in [0.15, 0.2) is 0 Å². The molecule has 17 heavy (non-hydrogen) atoms. The first-order valence-corrected chi connectivity index (χ1v) is 7.31. The number of benzene rings is 1. The van der Waals surface area contributed by atoms with Gasteiger partial charge in [0.2, 0.25) is 0 Å². The number of rotatable bonds is 4. The van der Waals surface area contributed by atoms with E-state index < -0.39 is 7.52 Å². The fourth-order valence-corrected chi connectivity index (χ4v) is 3.01. The molecule has 0 fully saturated rings. The Hall–Kier alpha value is -0.180. The largest absolute Gasteiger partial charge is 0.435 e. The molecule has 0 aromatic heterocycles. The molecule has 3 nitrogen and oxygen atoms in total. The lowest BCUT2D eigenvalue weighted by Crippen LogP contribution is -2.19. The Labute approximate surface area is 115 Å². The summed E-state index contributed by atoms with van der Waals surface area (Å²) in [5.74, 6) is 0. The van der Waals surface area contributed by atoms with Gasteiger partial charge in [0.25, 0.3) is 0 Å². The van der Waals surface area contributed by atoms with Gasteiger partial charge in [0.05, 0.1) is 5.30 Å². The molecule has 1 aromatic rings. The molecule has 0 spiro atoms. The lowest BCUT2D eigenvalue weighted by molar-refractivity contribution is 0.394. The summed E-state index contributed by atoms with van der Waals surface area (Å²) in [7, 11) is 0.100. The van der Waals surface area contributed by atoms with E-state index in [1.54, 1.807) is 38.4 Å². The zero-order valence-electron chi connectivity index (χ0n) is 9.23. The van der Waals surface area contributed by atoms with Gasteiger partial charge in [-0.3, -0.25) is 4.57 Å². The van der Waals surface area contributed by atoms with Gasteiger partial charge in [-0.1, -0.05) is 34.8 Å². The summed E-state index contributed by atoms with van der Waals surface area (Å²) in [6.07, 6.45) is 1.05. The van der Waals surface area contributed by atoms with Crippen molar-refractivity contribution in [1.29, 1.82) is 0 Å². The van der Waals surface area contributed by atoms with Gasteiger partial charge in [-0.25, -0.2) is 4.67 Å². The quantitative estimate of drug-likeness (QED) is 0.621. The first-order valence-electron chi connectivity index (χ1n) is 4.60. The van der Waals surface area contributed by atoms with Crippen molar-refractivity contribution in [3.63, 3.8) is 0 Å². The molecule has 0 heterocycles. The van der Waals surface area contributed by atoms with Gasteiger partial charge in [0.1, 0.15) is 10.8 Å². The van der Waals surface area contributed by atoms with Crippen molar-refractivity contribution in [3.05, 3.63) is 40.0 Å². The standard InChI is InChI=1S/C10H11Cl3NO2P/c1-14(2)17(15,16-7-10(12)13)9-5-3-8(11)4-6-9/h3-7H,1-2H3. The van der Waals surface area contributed by atoms with Crippen LogP contribution in [0.5, 0.6) is 0 Å². The zero-order chi connectivity index (χ0) is 13.1. The molecule has 0 N–H and O–H groups in total. The van der Waals surface area contributed by atoms with E-state index in [4.69, 9.17) is 39.3 Å². The third-order valence-corrected chi connectivity index (χ3v) is 4.79. The number of hydrogen-bond donors (Lipinski definition) is 0. The fourth-order valence-electron chi connectivity index (χ4n) is 1.13. The van der Waals surface area contributed by atoms with Crippen LogP contribution in [0.2, 0.25) is 5.02 Å². The molecule has 0 saturated carbocycles. The molecule has 0 amide bonds. The highest BCUT2D eigenvalue weighted by Gasteiger charge is 2.29. The predicted molar refractivity (Wildman–Crippen MR) is 73.3 cm³/mol. The smallest absolute Gasteiger partial charge is 0.348 e. The van der Waals surface area contributed by atoms with Crippen molar-refractivity contribution >= 4 is 47.6 Å². The minimum atomic E-state index is -3.19. The molecule has 0 radical (unpaired) electrons. The molecular weight excluding hydrogens is 303 g/mol. The molecule has 0 aliphatic heterocycles. The van der Waals surface area contributed by atoms with Crippen molar-refractivity contribution in [2.24, 2.45) is 0 Å². The van der Waals surface area contributed by atoms with Crippen molar-refractivity contribution < 1.29 is 9.09 Å². The van der Waals surface area contributed by atoms with Crippen LogP contribution in [0, 0.1) is 0 Å². The van der Waals surface area contributed by atoms with E-state index in [2.05, 4.69) is 0 Å². The Bertz CT molecular complexity index is 455. The molecule has 7 heteroatoms. The molecule has 0 aliphatic carbocycles. The molecule has 1 aromatic carbocycles. The van der Waals surface area contributed by atoms with Crippen LogP contribution in [0.1, 0.15) is 0 Å². The van der Waals surface area contributed by atoms with E-state index >= 15 is 0 Å². The second-order valence-corrected chi connectivity index (χ2v) is 7.37. The normalized spacial score (nSPS) is 14.2. The SMILES string of the molecule is CN(C)P(=O)(OC=C(Cl)Cl)c1ccc(Cl)cc1. The average Bonchev–Trinajstić information content (AvgIpc) is 2.26. The second kappa shape index (κ2) is 6.12. The van der Waals surface area contributed by atoms with E-state index in [-0.39, 0.29) is 4.49 Å². The van der Waals surface area contributed by atoms with Crippen molar-refractivity contribution in [2.45, 2.75) is 0 Å². The van der Waals surface area contributed by atoms with Crippen molar-refractivity contribution in [2.75, 3.05) is 14.1 Å². The van der Waals surface area contributed by atoms with Crippen LogP contribution >= 0.6 is 42.3 Å². The monoisotopic (exact) mass is 313 g/mol. The summed E-state index contributed by atoms with van der Waals surface area (Å²) in [6, 6.07) is 6.56. The van der Waals surface area contributed by atoms with Crippen molar-refractivity contribution in [1.82, 2.24) is 4.67 Å². The highest BCUT2D eigenvalue weighted by Crippen LogP contribution is 2.48. The first kappa shape index (κ1) is 14.9. The maximum absolute atomic E-state index is 12.6.